The molecule has 1 fully saturated rings. The van der Waals surface area contributed by atoms with Crippen LogP contribution in [0.25, 0.3) is 0 Å². The Labute approximate surface area is 133 Å². The van der Waals surface area contributed by atoms with Gasteiger partial charge in [0.1, 0.15) is 12.1 Å². The number of pyridine rings is 1. The molecule has 0 aliphatic carbocycles. The fourth-order valence-electron chi connectivity index (χ4n) is 2.41. The van der Waals surface area contributed by atoms with Crippen LogP contribution in [0.4, 0.5) is 0 Å². The maximum absolute atomic E-state index is 11.9. The molecule has 7 nitrogen and oxygen atoms in total. The predicted molar refractivity (Wildman–Crippen MR) is 79.7 cm³/mol. The number of aromatic nitrogens is 1. The van der Waals surface area contributed by atoms with E-state index < -0.39 is 6.04 Å². The topological polar surface area (TPSA) is 80.8 Å². The summed E-state index contributed by atoms with van der Waals surface area (Å²) in [7, 11) is 2.88. The molecule has 22 heavy (non-hydrogen) atoms. The van der Waals surface area contributed by atoms with Gasteiger partial charge in [0.2, 0.25) is 5.91 Å². The monoisotopic (exact) mass is 327 g/mol. The highest BCUT2D eigenvalue weighted by molar-refractivity contribution is 6.30. The van der Waals surface area contributed by atoms with E-state index in [0.29, 0.717) is 18.7 Å². The number of nitrogens with zero attached hydrogens (tertiary/aromatic N) is 2. The number of likely N-dealkylation sites (N-methyl/N-ethyl adjacent to an activating group) is 1. The first-order valence-electron chi connectivity index (χ1n) is 6.84. The number of esters is 1. The number of halogens is 1. The quantitative estimate of drug-likeness (QED) is 0.625. The van der Waals surface area contributed by atoms with Gasteiger partial charge >= 0.3 is 5.97 Å². The van der Waals surface area contributed by atoms with Crippen LogP contribution in [0, 0.1) is 0 Å². The summed E-state index contributed by atoms with van der Waals surface area (Å²) in [6.07, 6.45) is 1.73. The summed E-state index contributed by atoms with van der Waals surface area (Å²) >= 11 is 5.97. The van der Waals surface area contributed by atoms with Crippen molar-refractivity contribution >= 4 is 23.5 Å². The third kappa shape index (κ3) is 3.86. The van der Waals surface area contributed by atoms with Gasteiger partial charge < -0.3 is 14.8 Å². The van der Waals surface area contributed by atoms with Crippen LogP contribution in [0.3, 0.4) is 0 Å². The molecule has 1 amide bonds. The third-order valence-electron chi connectivity index (χ3n) is 3.48. The molecule has 0 saturated carbocycles. The van der Waals surface area contributed by atoms with Crippen LogP contribution in [-0.2, 0) is 14.3 Å². The minimum absolute atomic E-state index is 0.108. The lowest BCUT2D eigenvalue weighted by Crippen LogP contribution is -2.42. The summed E-state index contributed by atoms with van der Waals surface area (Å²) in [6.45, 7) is 0.537. The van der Waals surface area contributed by atoms with E-state index in [9.17, 15) is 9.59 Å². The van der Waals surface area contributed by atoms with Gasteiger partial charge in [-0.25, -0.2) is 4.98 Å². The van der Waals surface area contributed by atoms with Gasteiger partial charge in [-0.05, 0) is 12.1 Å². The lowest BCUT2D eigenvalue weighted by atomic mass is 10.2. The second kappa shape index (κ2) is 7.42. The first-order valence-corrected chi connectivity index (χ1v) is 7.22. The van der Waals surface area contributed by atoms with Crippen molar-refractivity contribution in [2.24, 2.45) is 0 Å². The Morgan fingerprint density at radius 3 is 2.95 bits per heavy atom. The number of amides is 1. The molecular formula is C14H18ClN3O4. The Bertz CT molecular complexity index is 555. The summed E-state index contributed by atoms with van der Waals surface area (Å²) in [6, 6.07) is 2.92. The molecule has 1 aromatic heterocycles. The van der Waals surface area contributed by atoms with Crippen molar-refractivity contribution in [3.8, 4) is 5.75 Å². The smallest absolute Gasteiger partial charge is 0.323 e. The minimum Gasteiger partial charge on any atom is -0.486 e. The molecule has 1 aliphatic rings. The van der Waals surface area contributed by atoms with E-state index in [0.717, 1.165) is 0 Å². The van der Waals surface area contributed by atoms with Crippen LogP contribution in [-0.4, -0.2) is 61.2 Å². The van der Waals surface area contributed by atoms with Crippen LogP contribution in [0.2, 0.25) is 5.15 Å². The highest BCUT2D eigenvalue weighted by atomic mass is 35.5. The Morgan fingerprint density at radius 1 is 1.55 bits per heavy atom. The Kier molecular flexibility index (Phi) is 5.57. The standard InChI is InChI=1S/C14H18ClN3O4/c1-16-12(19)8-18-7-9(6-10(18)14(20)21-2)22-11-4-3-5-17-13(11)15/h3-5,9-10H,6-8H2,1-2H3,(H,16,19)/t9-,10-/m1/s1. The molecule has 8 heteroatoms. The summed E-state index contributed by atoms with van der Waals surface area (Å²) in [5.41, 5.74) is 0. The van der Waals surface area contributed by atoms with Crippen molar-refractivity contribution in [3.63, 3.8) is 0 Å². The Hall–Kier alpha value is -1.86. The molecule has 2 heterocycles. The van der Waals surface area contributed by atoms with Gasteiger partial charge in [-0.15, -0.1) is 0 Å². The summed E-state index contributed by atoms with van der Waals surface area (Å²) in [5.74, 6) is -0.0965. The van der Waals surface area contributed by atoms with Crippen LogP contribution in [0.15, 0.2) is 18.3 Å². The van der Waals surface area contributed by atoms with E-state index in [1.807, 2.05) is 0 Å². The van der Waals surface area contributed by atoms with Crippen LogP contribution in [0.5, 0.6) is 5.75 Å². The lowest BCUT2D eigenvalue weighted by molar-refractivity contribution is -0.146. The average Bonchev–Trinajstić information content (AvgIpc) is 2.91. The molecule has 0 spiro atoms. The van der Waals surface area contributed by atoms with E-state index in [4.69, 9.17) is 21.1 Å². The van der Waals surface area contributed by atoms with E-state index >= 15 is 0 Å². The molecule has 1 N–H and O–H groups in total. The van der Waals surface area contributed by atoms with Crippen LogP contribution < -0.4 is 10.1 Å². The van der Waals surface area contributed by atoms with Crippen molar-refractivity contribution in [2.75, 3.05) is 27.2 Å². The van der Waals surface area contributed by atoms with Crippen LogP contribution in [0.1, 0.15) is 6.42 Å². The second-order valence-electron chi connectivity index (χ2n) is 4.91. The molecule has 1 saturated heterocycles. The molecule has 0 aromatic carbocycles. The molecule has 1 aromatic rings. The number of rotatable bonds is 5. The number of likely N-dealkylation sites (tertiary alicyclic amines) is 1. The number of hydrogen-bond acceptors (Lipinski definition) is 6. The first-order chi connectivity index (χ1) is 10.5. The largest absolute Gasteiger partial charge is 0.486 e. The van der Waals surface area contributed by atoms with Gasteiger partial charge in [-0.3, -0.25) is 14.5 Å². The van der Waals surface area contributed by atoms with Crippen molar-refractivity contribution < 1.29 is 19.1 Å². The molecule has 2 rings (SSSR count). The van der Waals surface area contributed by atoms with Crippen LogP contribution >= 0.6 is 11.6 Å². The van der Waals surface area contributed by atoms with Crippen molar-refractivity contribution in [2.45, 2.75) is 18.6 Å². The molecule has 2 atom stereocenters. The van der Waals surface area contributed by atoms with Gasteiger partial charge in [0, 0.05) is 26.2 Å². The predicted octanol–water partition coefficient (Wildman–Crippen LogP) is 0.476. The Balaban J connectivity index is 2.07. The van der Waals surface area contributed by atoms with Crippen molar-refractivity contribution in [3.05, 3.63) is 23.5 Å². The molecule has 0 unspecified atom stereocenters. The zero-order valence-electron chi connectivity index (χ0n) is 12.4. The molecule has 1 aliphatic heterocycles. The Morgan fingerprint density at radius 2 is 2.32 bits per heavy atom. The number of ether oxygens (including phenoxy) is 2. The van der Waals surface area contributed by atoms with E-state index in [-0.39, 0.29) is 29.7 Å². The molecule has 0 radical (unpaired) electrons. The lowest BCUT2D eigenvalue weighted by Gasteiger charge is -2.20. The maximum atomic E-state index is 11.9. The SMILES string of the molecule is CNC(=O)CN1C[C@H](Oc2cccnc2Cl)C[C@@H]1C(=O)OC. The fourth-order valence-corrected chi connectivity index (χ4v) is 2.57. The average molecular weight is 328 g/mol. The minimum atomic E-state index is -0.511. The highest BCUT2D eigenvalue weighted by Crippen LogP contribution is 2.27. The van der Waals surface area contributed by atoms with Gasteiger partial charge in [-0.1, -0.05) is 11.6 Å². The summed E-state index contributed by atoms with van der Waals surface area (Å²) in [4.78, 5) is 29.1. The van der Waals surface area contributed by atoms with Crippen molar-refractivity contribution in [1.82, 2.24) is 15.2 Å². The number of methoxy groups -OCH3 is 1. The number of hydrogen-bond donors (Lipinski definition) is 1. The second-order valence-corrected chi connectivity index (χ2v) is 5.27. The summed E-state index contributed by atoms with van der Waals surface area (Å²) in [5, 5.41) is 2.80. The normalized spacial score (nSPS) is 21.4. The highest BCUT2D eigenvalue weighted by Gasteiger charge is 2.39. The zero-order chi connectivity index (χ0) is 16.1. The van der Waals surface area contributed by atoms with E-state index in [1.165, 1.54) is 7.11 Å². The summed E-state index contributed by atoms with van der Waals surface area (Å²) < 4.78 is 10.6. The number of carbonyl (C=O) groups excluding carboxylic acids is 2. The molecule has 120 valence electrons. The fraction of sp³-hybridized carbons (Fsp3) is 0.500. The number of nitrogens with one attached hydrogen (secondary N) is 1. The van der Waals surface area contributed by atoms with Gasteiger partial charge in [0.05, 0.1) is 13.7 Å². The maximum Gasteiger partial charge on any atom is 0.323 e. The van der Waals surface area contributed by atoms with E-state index in [1.54, 1.807) is 30.3 Å². The number of carbonyl (C=O) groups is 2. The van der Waals surface area contributed by atoms with E-state index in [2.05, 4.69) is 10.3 Å². The van der Waals surface area contributed by atoms with Gasteiger partial charge in [0.15, 0.2) is 10.9 Å². The molecule has 0 bridgehead atoms. The third-order valence-corrected chi connectivity index (χ3v) is 3.77. The molecular weight excluding hydrogens is 310 g/mol. The zero-order valence-corrected chi connectivity index (χ0v) is 13.2. The first kappa shape index (κ1) is 16.5. The van der Waals surface area contributed by atoms with Gasteiger partial charge in [0.25, 0.3) is 0 Å². The van der Waals surface area contributed by atoms with Crippen molar-refractivity contribution in [1.29, 1.82) is 0 Å². The van der Waals surface area contributed by atoms with Gasteiger partial charge in [-0.2, -0.15) is 0 Å².